The van der Waals surface area contributed by atoms with Crippen molar-refractivity contribution in [3.63, 3.8) is 0 Å². The summed E-state index contributed by atoms with van der Waals surface area (Å²) in [6.07, 6.45) is 6.18. The van der Waals surface area contributed by atoms with Crippen LogP contribution in [0.25, 0.3) is 0 Å². The van der Waals surface area contributed by atoms with Crippen molar-refractivity contribution in [3.8, 4) is 0 Å². The third-order valence-corrected chi connectivity index (χ3v) is 3.32. The van der Waals surface area contributed by atoms with Gasteiger partial charge >= 0.3 is 0 Å². The number of thioether (sulfide) groups is 1. The highest BCUT2D eigenvalue weighted by molar-refractivity contribution is 7.99. The average Bonchev–Trinajstić information content (AvgIpc) is 2.17. The molecule has 13 heavy (non-hydrogen) atoms. The first-order valence-electron chi connectivity index (χ1n) is 4.45. The molecule has 0 heterocycles. The first-order chi connectivity index (χ1) is 6.29. The molecule has 4 heteroatoms. The fourth-order valence-electron chi connectivity index (χ4n) is 1.15. The predicted molar refractivity (Wildman–Crippen MR) is 66.3 cm³/mol. The minimum atomic E-state index is 0.452. The van der Waals surface area contributed by atoms with E-state index in [0.29, 0.717) is 5.37 Å². The Balaban J connectivity index is 3.78. The minimum Gasteiger partial charge on any atom is -0.287 e. The molecule has 0 radical (unpaired) electrons. The van der Waals surface area contributed by atoms with Crippen LogP contribution in [-0.2, 0) is 0 Å². The second kappa shape index (κ2) is 8.94. The van der Waals surface area contributed by atoms with Gasteiger partial charge in [0.2, 0.25) is 0 Å². The molecular formula is C9H20N2S2. The fraction of sp³-hybridized carbons (Fsp3) is 0.778. The van der Waals surface area contributed by atoms with E-state index >= 15 is 0 Å². The Kier molecular flexibility index (Phi) is 9.18. The third kappa shape index (κ3) is 5.62. The standard InChI is InChI=1S/C9H20N2S2/c1-5-9(12-3)11(6-2)8-7-10-13-4/h5,9-10H,1,6-8H2,2-4H3. The molecule has 2 nitrogen and oxygen atoms in total. The van der Waals surface area contributed by atoms with E-state index in [1.165, 1.54) is 0 Å². The normalized spacial score (nSPS) is 13.2. The van der Waals surface area contributed by atoms with Crippen LogP contribution in [0, 0.1) is 0 Å². The Hall–Kier alpha value is 0.360. The van der Waals surface area contributed by atoms with Gasteiger partial charge < -0.3 is 0 Å². The van der Waals surface area contributed by atoms with Gasteiger partial charge in [-0.2, -0.15) is 0 Å². The molecule has 0 amide bonds. The highest BCUT2D eigenvalue weighted by Gasteiger charge is 2.10. The molecule has 1 N–H and O–H groups in total. The number of likely N-dealkylation sites (N-methyl/N-ethyl adjacent to an activating group) is 1. The molecule has 1 atom stereocenters. The molecule has 0 saturated heterocycles. The van der Waals surface area contributed by atoms with Gasteiger partial charge in [0.1, 0.15) is 0 Å². The van der Waals surface area contributed by atoms with Crippen molar-refractivity contribution in [2.45, 2.75) is 12.3 Å². The van der Waals surface area contributed by atoms with Crippen LogP contribution >= 0.6 is 23.7 Å². The zero-order valence-corrected chi connectivity index (χ0v) is 10.4. The van der Waals surface area contributed by atoms with E-state index in [1.807, 2.05) is 17.8 Å². The lowest BCUT2D eigenvalue weighted by atomic mass is 10.4. The van der Waals surface area contributed by atoms with Gasteiger partial charge in [0.05, 0.1) is 5.37 Å². The van der Waals surface area contributed by atoms with Gasteiger partial charge in [-0.05, 0) is 19.1 Å². The first-order valence-corrected chi connectivity index (χ1v) is 6.96. The second-order valence-corrected chi connectivity index (χ2v) is 4.24. The Morgan fingerprint density at radius 1 is 1.54 bits per heavy atom. The quantitative estimate of drug-likeness (QED) is 0.291. The Bertz CT molecular complexity index is 131. The smallest absolute Gasteiger partial charge is 0.0739 e. The summed E-state index contributed by atoms with van der Waals surface area (Å²) in [7, 11) is 0. The molecule has 0 aliphatic rings. The summed E-state index contributed by atoms with van der Waals surface area (Å²) in [4.78, 5) is 2.40. The third-order valence-electron chi connectivity index (χ3n) is 1.85. The van der Waals surface area contributed by atoms with Gasteiger partial charge in [-0.25, -0.2) is 0 Å². The Morgan fingerprint density at radius 2 is 2.23 bits per heavy atom. The van der Waals surface area contributed by atoms with Crippen molar-refractivity contribution < 1.29 is 0 Å². The highest BCUT2D eigenvalue weighted by atomic mass is 32.2. The second-order valence-electron chi connectivity index (χ2n) is 2.59. The lowest BCUT2D eigenvalue weighted by molar-refractivity contribution is 0.305. The van der Waals surface area contributed by atoms with Crippen molar-refractivity contribution in [2.75, 3.05) is 32.1 Å². The zero-order chi connectivity index (χ0) is 10.1. The maximum atomic E-state index is 3.84. The van der Waals surface area contributed by atoms with E-state index in [0.717, 1.165) is 19.6 Å². The SMILES string of the molecule is C=CC(SC)N(CC)CCNSC. The fourth-order valence-corrected chi connectivity index (χ4v) is 2.19. The van der Waals surface area contributed by atoms with Crippen molar-refractivity contribution >= 4 is 23.7 Å². The largest absolute Gasteiger partial charge is 0.287 e. The summed E-state index contributed by atoms with van der Waals surface area (Å²) < 4.78 is 3.25. The van der Waals surface area contributed by atoms with Gasteiger partial charge in [0.15, 0.2) is 0 Å². The maximum absolute atomic E-state index is 3.84. The number of hydrogen-bond acceptors (Lipinski definition) is 4. The summed E-state index contributed by atoms with van der Waals surface area (Å²) in [5.41, 5.74) is 0. The molecule has 0 aromatic rings. The summed E-state index contributed by atoms with van der Waals surface area (Å²) in [6.45, 7) is 9.21. The number of hydrogen-bond donors (Lipinski definition) is 1. The van der Waals surface area contributed by atoms with E-state index in [2.05, 4.69) is 35.6 Å². The number of rotatable bonds is 8. The minimum absolute atomic E-state index is 0.452. The predicted octanol–water partition coefficient (Wildman–Crippen LogP) is 2.05. The van der Waals surface area contributed by atoms with E-state index in [4.69, 9.17) is 0 Å². The molecule has 0 aliphatic heterocycles. The number of nitrogens with one attached hydrogen (secondary N) is 1. The molecule has 0 bridgehead atoms. The summed E-state index contributed by atoms with van der Waals surface area (Å²) in [5, 5.41) is 0.452. The zero-order valence-electron chi connectivity index (χ0n) is 8.75. The van der Waals surface area contributed by atoms with Crippen molar-refractivity contribution in [2.24, 2.45) is 0 Å². The molecule has 0 saturated carbocycles. The maximum Gasteiger partial charge on any atom is 0.0739 e. The van der Waals surface area contributed by atoms with E-state index in [-0.39, 0.29) is 0 Å². The van der Waals surface area contributed by atoms with Gasteiger partial charge in [-0.1, -0.05) is 24.9 Å². The van der Waals surface area contributed by atoms with Gasteiger partial charge in [-0.3, -0.25) is 9.62 Å². The molecule has 0 aromatic heterocycles. The Morgan fingerprint density at radius 3 is 2.62 bits per heavy atom. The van der Waals surface area contributed by atoms with Gasteiger partial charge in [0, 0.05) is 13.1 Å². The summed E-state index contributed by atoms with van der Waals surface area (Å²) in [5.74, 6) is 0. The molecular weight excluding hydrogens is 200 g/mol. The van der Waals surface area contributed by atoms with Crippen LogP contribution in [0.15, 0.2) is 12.7 Å². The first kappa shape index (κ1) is 13.4. The topological polar surface area (TPSA) is 15.3 Å². The molecule has 1 unspecified atom stereocenters. The molecule has 0 aromatic carbocycles. The average molecular weight is 220 g/mol. The van der Waals surface area contributed by atoms with E-state index in [9.17, 15) is 0 Å². The lowest BCUT2D eigenvalue weighted by Crippen LogP contribution is -2.35. The van der Waals surface area contributed by atoms with E-state index < -0.39 is 0 Å². The molecule has 0 fully saturated rings. The number of nitrogens with zero attached hydrogens (tertiary/aromatic N) is 1. The molecule has 0 aliphatic carbocycles. The van der Waals surface area contributed by atoms with Crippen LogP contribution < -0.4 is 4.72 Å². The van der Waals surface area contributed by atoms with Crippen LogP contribution in [0.1, 0.15) is 6.92 Å². The van der Waals surface area contributed by atoms with Crippen LogP contribution in [0.2, 0.25) is 0 Å². The van der Waals surface area contributed by atoms with Gasteiger partial charge in [0.25, 0.3) is 0 Å². The summed E-state index contributed by atoms with van der Waals surface area (Å²) >= 11 is 3.51. The van der Waals surface area contributed by atoms with Crippen LogP contribution in [0.4, 0.5) is 0 Å². The van der Waals surface area contributed by atoms with Crippen molar-refractivity contribution in [1.29, 1.82) is 0 Å². The van der Waals surface area contributed by atoms with Crippen molar-refractivity contribution in [3.05, 3.63) is 12.7 Å². The van der Waals surface area contributed by atoms with Crippen LogP contribution in [0.3, 0.4) is 0 Å². The van der Waals surface area contributed by atoms with Crippen LogP contribution in [-0.4, -0.2) is 42.4 Å². The molecule has 0 rings (SSSR count). The van der Waals surface area contributed by atoms with Crippen LogP contribution in [0.5, 0.6) is 0 Å². The van der Waals surface area contributed by atoms with Gasteiger partial charge in [-0.15, -0.1) is 18.3 Å². The monoisotopic (exact) mass is 220 g/mol. The molecule has 78 valence electrons. The van der Waals surface area contributed by atoms with E-state index in [1.54, 1.807) is 11.9 Å². The highest BCUT2D eigenvalue weighted by Crippen LogP contribution is 2.12. The molecule has 0 spiro atoms. The Labute approximate surface area is 90.7 Å². The lowest BCUT2D eigenvalue weighted by Gasteiger charge is -2.26. The summed E-state index contributed by atoms with van der Waals surface area (Å²) in [6, 6.07) is 0. The van der Waals surface area contributed by atoms with Crippen molar-refractivity contribution in [1.82, 2.24) is 9.62 Å².